The molecule has 0 aliphatic heterocycles. The van der Waals surface area contributed by atoms with E-state index in [1.807, 2.05) is 30.3 Å². The number of hydrogen-bond acceptors (Lipinski definition) is 6. The van der Waals surface area contributed by atoms with Gasteiger partial charge in [-0.3, -0.25) is 29.6 Å². The Kier molecular flexibility index (Phi) is 12.5. The topological polar surface area (TPSA) is 227 Å². The average molecular weight is 580 g/mol. The molecule has 0 radical (unpaired) electrons. The fourth-order valence-corrected chi connectivity index (χ4v) is 4.35. The molecule has 2 aromatic carbocycles. The summed E-state index contributed by atoms with van der Waals surface area (Å²) >= 11 is 0. The lowest BCUT2D eigenvalue weighted by Crippen LogP contribution is -2.56. The lowest BCUT2D eigenvalue weighted by atomic mass is 9.94. The van der Waals surface area contributed by atoms with Gasteiger partial charge in [0, 0.05) is 39.7 Å². The second-order valence-corrected chi connectivity index (χ2v) is 10.2. The van der Waals surface area contributed by atoms with Crippen LogP contribution in [-0.4, -0.2) is 85.0 Å². The van der Waals surface area contributed by atoms with Crippen LogP contribution in [0.3, 0.4) is 0 Å². The molecule has 42 heavy (non-hydrogen) atoms. The van der Waals surface area contributed by atoms with Crippen LogP contribution in [-0.2, 0) is 32.0 Å². The van der Waals surface area contributed by atoms with E-state index in [1.54, 1.807) is 38.4 Å². The Bertz CT molecular complexity index is 1280. The normalized spacial score (nSPS) is 12.7. The molecule has 2 rings (SSSR count). The third-order valence-electron chi connectivity index (χ3n) is 6.74. The molecule has 0 aliphatic carbocycles. The maximum absolute atomic E-state index is 13.9. The van der Waals surface area contributed by atoms with Crippen molar-refractivity contribution in [1.82, 2.24) is 15.1 Å². The third kappa shape index (κ3) is 9.91. The molecule has 2 aromatic rings. The molecule has 13 heteroatoms. The summed E-state index contributed by atoms with van der Waals surface area (Å²) in [6, 6.07) is 13.7. The van der Waals surface area contributed by atoms with Crippen LogP contribution in [0.2, 0.25) is 0 Å². The zero-order chi connectivity index (χ0) is 31.4. The Labute approximate surface area is 245 Å². The van der Waals surface area contributed by atoms with Crippen molar-refractivity contribution in [2.75, 3.05) is 27.7 Å². The summed E-state index contributed by atoms with van der Waals surface area (Å²) in [4.78, 5) is 59.4. The number of carbonyl (C=O) groups is 4. The Hall–Kier alpha value is -4.94. The van der Waals surface area contributed by atoms with Crippen LogP contribution in [0.1, 0.15) is 29.5 Å². The van der Waals surface area contributed by atoms with Crippen molar-refractivity contribution in [2.24, 2.45) is 33.8 Å². The summed E-state index contributed by atoms with van der Waals surface area (Å²) in [5.41, 5.74) is 23.8. The molecule has 0 aromatic heterocycles. The summed E-state index contributed by atoms with van der Waals surface area (Å²) in [7, 11) is 4.56. The Morgan fingerprint density at radius 2 is 1.45 bits per heavy atom. The Balaban J connectivity index is 2.36. The van der Waals surface area contributed by atoms with Gasteiger partial charge in [-0.1, -0.05) is 54.6 Å². The molecule has 3 atom stereocenters. The van der Waals surface area contributed by atoms with Gasteiger partial charge >= 0.3 is 0 Å². The van der Waals surface area contributed by atoms with Crippen LogP contribution in [0, 0.1) is 11.3 Å². The fraction of sp³-hybridized carbons (Fsp3) is 0.379. The molecule has 0 spiro atoms. The predicted molar refractivity (Wildman–Crippen MR) is 161 cm³/mol. The van der Waals surface area contributed by atoms with Crippen LogP contribution in [0.25, 0.3) is 0 Å². The van der Waals surface area contributed by atoms with Gasteiger partial charge in [0.05, 0.1) is 0 Å². The zero-order valence-corrected chi connectivity index (χ0v) is 24.2. The summed E-state index contributed by atoms with van der Waals surface area (Å²) in [5, 5.41) is 10.3. The fourth-order valence-electron chi connectivity index (χ4n) is 4.35. The number of nitrogens with two attached hydrogens (primary N) is 4. The van der Waals surface area contributed by atoms with Crippen LogP contribution in [0.15, 0.2) is 59.6 Å². The van der Waals surface area contributed by atoms with Gasteiger partial charge in [-0.15, -0.1) is 0 Å². The maximum atomic E-state index is 13.9. The van der Waals surface area contributed by atoms with Crippen LogP contribution >= 0.6 is 0 Å². The first-order valence-corrected chi connectivity index (χ1v) is 13.4. The van der Waals surface area contributed by atoms with Gasteiger partial charge in [0.25, 0.3) is 0 Å². The number of primary amides is 1. The highest BCUT2D eigenvalue weighted by atomic mass is 16.2. The van der Waals surface area contributed by atoms with Gasteiger partial charge in [0.2, 0.25) is 23.6 Å². The van der Waals surface area contributed by atoms with E-state index < -0.39 is 41.6 Å². The van der Waals surface area contributed by atoms with Crippen molar-refractivity contribution in [3.63, 3.8) is 0 Å². The molecular formula is C29H41N9O4. The van der Waals surface area contributed by atoms with Gasteiger partial charge < -0.3 is 38.1 Å². The minimum Gasteiger partial charge on any atom is -0.384 e. The molecule has 13 nitrogen and oxygen atoms in total. The number of aliphatic imine (C=N–C) groups is 1. The number of carbonyl (C=O) groups excluding carboxylic acids is 4. The lowest BCUT2D eigenvalue weighted by molar-refractivity contribution is -0.149. The number of hydrogen-bond donors (Lipinski definition) is 6. The van der Waals surface area contributed by atoms with Crippen molar-refractivity contribution >= 4 is 35.4 Å². The van der Waals surface area contributed by atoms with E-state index >= 15 is 0 Å². The molecule has 0 heterocycles. The van der Waals surface area contributed by atoms with Gasteiger partial charge in [-0.2, -0.15) is 0 Å². The number of nitrogens with one attached hydrogen (secondary N) is 2. The molecule has 4 amide bonds. The minimum absolute atomic E-state index is 0.0623. The van der Waals surface area contributed by atoms with Crippen LogP contribution < -0.4 is 28.3 Å². The summed E-state index contributed by atoms with van der Waals surface area (Å²) in [6.45, 7) is 0.246. The van der Waals surface area contributed by atoms with E-state index in [0.717, 1.165) is 5.56 Å². The quantitative estimate of drug-likeness (QED) is 0.0688. The van der Waals surface area contributed by atoms with Gasteiger partial charge in [-0.25, -0.2) is 0 Å². The van der Waals surface area contributed by atoms with E-state index in [-0.39, 0.29) is 37.6 Å². The van der Waals surface area contributed by atoms with Gasteiger partial charge in [0.15, 0.2) is 5.96 Å². The molecule has 10 N–H and O–H groups in total. The van der Waals surface area contributed by atoms with E-state index in [4.69, 9.17) is 28.3 Å². The molecule has 1 unspecified atom stereocenters. The smallest absolute Gasteiger partial charge is 0.243 e. The molecule has 0 bridgehead atoms. The van der Waals surface area contributed by atoms with Crippen molar-refractivity contribution < 1.29 is 19.2 Å². The Morgan fingerprint density at radius 3 is 1.98 bits per heavy atom. The first kappa shape index (κ1) is 33.3. The Morgan fingerprint density at radius 1 is 0.857 bits per heavy atom. The highest BCUT2D eigenvalue weighted by molar-refractivity contribution is 6.02. The number of guanidine groups is 1. The largest absolute Gasteiger partial charge is 0.384 e. The number of benzene rings is 2. The van der Waals surface area contributed by atoms with Gasteiger partial charge in [-0.05, 0) is 30.4 Å². The van der Waals surface area contributed by atoms with E-state index in [0.29, 0.717) is 17.5 Å². The SMILES string of the molecule is CN(C)C(=O)C(Cc1ccc(C(=N)N)cc1)C(=O)N(C)[C@@H](Cc1ccccc1)C(=O)N[C@@H](CCCN=C(N)N)C(N)=O. The molecule has 0 saturated carbocycles. The minimum atomic E-state index is -1.13. The molecule has 0 saturated heterocycles. The number of nitrogens with zero attached hydrogens (tertiary/aromatic N) is 3. The average Bonchev–Trinajstić information content (AvgIpc) is 2.95. The summed E-state index contributed by atoms with van der Waals surface area (Å²) in [5.74, 6) is -3.66. The molecule has 0 fully saturated rings. The monoisotopic (exact) mass is 579 g/mol. The second kappa shape index (κ2) is 15.7. The molecule has 0 aliphatic rings. The first-order chi connectivity index (χ1) is 19.8. The summed E-state index contributed by atoms with van der Waals surface area (Å²) < 4.78 is 0. The van der Waals surface area contributed by atoms with Crippen molar-refractivity contribution in [3.05, 3.63) is 71.3 Å². The standard InChI is InChI=1S/C29H41N9O4/c1-37(2)27(41)21(16-19-11-13-20(14-12-19)24(30)31)28(42)38(3)23(17-18-8-5-4-6-9-18)26(40)36-22(25(32)39)10-7-15-35-29(33)34/h4-6,8-9,11-14,21-23H,7,10,15-17H2,1-3H3,(H3,30,31)(H2,32,39)(H,36,40)(H4,33,34,35)/t21?,22-,23-/m0/s1. The maximum Gasteiger partial charge on any atom is 0.243 e. The predicted octanol–water partition coefficient (Wildman–Crippen LogP) is -0.689. The highest BCUT2D eigenvalue weighted by Gasteiger charge is 2.36. The van der Waals surface area contributed by atoms with Crippen LogP contribution in [0.4, 0.5) is 0 Å². The van der Waals surface area contributed by atoms with E-state index in [1.165, 1.54) is 16.8 Å². The van der Waals surface area contributed by atoms with Gasteiger partial charge in [0.1, 0.15) is 23.8 Å². The third-order valence-corrected chi connectivity index (χ3v) is 6.74. The number of amides is 4. The van der Waals surface area contributed by atoms with E-state index in [9.17, 15) is 19.2 Å². The molecule has 226 valence electrons. The second-order valence-electron chi connectivity index (χ2n) is 10.2. The van der Waals surface area contributed by atoms with E-state index in [2.05, 4.69) is 10.3 Å². The highest BCUT2D eigenvalue weighted by Crippen LogP contribution is 2.18. The zero-order valence-electron chi connectivity index (χ0n) is 24.2. The summed E-state index contributed by atoms with van der Waals surface area (Å²) in [6.07, 6.45) is 0.759. The number of nitrogen functional groups attached to an aromatic ring is 1. The van der Waals surface area contributed by atoms with Crippen LogP contribution in [0.5, 0.6) is 0 Å². The van der Waals surface area contributed by atoms with Crippen molar-refractivity contribution in [1.29, 1.82) is 5.41 Å². The molecular weight excluding hydrogens is 538 g/mol. The number of amidine groups is 1. The van der Waals surface area contributed by atoms with Crippen molar-refractivity contribution in [2.45, 2.75) is 37.8 Å². The number of likely N-dealkylation sites (N-methyl/N-ethyl adjacent to an activating group) is 1. The van der Waals surface area contributed by atoms with Crippen molar-refractivity contribution in [3.8, 4) is 0 Å². The lowest BCUT2D eigenvalue weighted by Gasteiger charge is -2.32. The first-order valence-electron chi connectivity index (χ1n) is 13.4. The number of rotatable bonds is 15.